The molecule has 114 heavy (non-hydrogen) atoms. The average Bonchev–Trinajstić information content (AvgIpc) is 1.55. The zero-order valence-corrected chi connectivity index (χ0v) is 62.0. The van der Waals surface area contributed by atoms with Crippen molar-refractivity contribution in [3.63, 3.8) is 0 Å². The van der Waals surface area contributed by atoms with Crippen LogP contribution in [0.2, 0.25) is 0 Å². The molecule has 24 rings (SSSR count). The average molecular weight is 1470 g/mol. The third kappa shape index (κ3) is 10.4. The first-order valence-electron chi connectivity index (χ1n) is 38.3. The predicted octanol–water partition coefficient (Wildman–Crippen LogP) is 25.9. The fraction of sp³-hybridized carbons (Fsp3) is 0. The highest BCUT2D eigenvalue weighted by molar-refractivity contribution is 7.25. The molecule has 0 bridgehead atoms. The molecule has 8 aromatic heterocycles. The summed E-state index contributed by atoms with van der Waals surface area (Å²) >= 11 is 1.80. The zero-order chi connectivity index (χ0) is 74.9. The first-order valence-corrected chi connectivity index (χ1v) is 39.1. The van der Waals surface area contributed by atoms with E-state index < -0.39 is 0 Å². The van der Waals surface area contributed by atoms with Gasteiger partial charge < -0.3 is 13.7 Å². The van der Waals surface area contributed by atoms with Crippen molar-refractivity contribution in [2.24, 2.45) is 0 Å². The number of benzene rings is 16. The van der Waals surface area contributed by atoms with Gasteiger partial charge in [0.2, 0.25) is 11.9 Å². The monoisotopic (exact) mass is 1470 g/mol. The molecule has 11 nitrogen and oxygen atoms in total. The lowest BCUT2D eigenvalue weighted by Gasteiger charge is -2.12. The Morgan fingerprint density at radius 1 is 0.167 bits per heavy atom. The number of hydrogen-bond acceptors (Lipinski definition) is 7. The van der Waals surface area contributed by atoms with Crippen LogP contribution < -0.4 is 0 Å². The lowest BCUT2D eigenvalue weighted by atomic mass is 10.0. The Hall–Kier alpha value is -15.2. The van der Waals surface area contributed by atoms with Gasteiger partial charge >= 0.3 is 0 Å². The van der Waals surface area contributed by atoms with Crippen LogP contribution in [0.4, 0.5) is 0 Å². The molecule has 0 spiro atoms. The Kier molecular flexibility index (Phi) is 14.9. The molecule has 0 saturated carbocycles. The predicted molar refractivity (Wildman–Crippen MR) is 471 cm³/mol. The van der Waals surface area contributed by atoms with Crippen LogP contribution in [0.15, 0.2) is 382 Å². The third-order valence-electron chi connectivity index (χ3n) is 22.5. The Bertz CT molecular complexity index is 7970. The van der Waals surface area contributed by atoms with E-state index in [0.717, 1.165) is 99.7 Å². The van der Waals surface area contributed by atoms with Crippen LogP contribution in [0.3, 0.4) is 0 Å². The molecule has 16 aromatic carbocycles. The van der Waals surface area contributed by atoms with Gasteiger partial charge in [0.1, 0.15) is 0 Å². The Morgan fingerprint density at radius 2 is 0.482 bits per heavy atom. The third-order valence-corrected chi connectivity index (χ3v) is 23.6. The van der Waals surface area contributed by atoms with Crippen molar-refractivity contribution in [2.75, 3.05) is 0 Å². The molecule has 0 amide bonds. The highest BCUT2D eigenvalue weighted by Gasteiger charge is 2.27. The minimum Gasteiger partial charge on any atom is -0.309 e. The van der Waals surface area contributed by atoms with Gasteiger partial charge in [0, 0.05) is 113 Å². The maximum Gasteiger partial charge on any atom is 0.238 e. The summed E-state index contributed by atoms with van der Waals surface area (Å²) in [6.07, 6.45) is 0. The standard InChI is InChI=1S/C51H32N6.C51H31N5S/c1-4-16-33(17-5-1)49-52-50(34-28-29-38-37-22-10-13-25-41(37)56(46(38)32-34)36-20-8-3-9-21-36)54-51(53-49)57-43-27-15-12-24-40(43)48-45(57)31-30-44-47(48)39-23-11-14-26-42(39)55(44)35-18-6-2-7-19-35;1-3-14-32(15-4-1)34-18-13-19-36(30-34)55-41-23-10-7-21-39(41)47-43(55)28-29-44-48(47)40-22-8-11-24-42(40)56(44)51-53-49(33-16-5-2-6-17-33)52-50(54-51)35-26-27-38-37-20-9-12-25-45(37)57-46(38)31-35/h1-32H;1-31H. The van der Waals surface area contributed by atoms with Gasteiger partial charge in [-0.3, -0.25) is 9.13 Å². The number of para-hydroxylation sites is 7. The summed E-state index contributed by atoms with van der Waals surface area (Å²) in [6, 6.07) is 135. The maximum absolute atomic E-state index is 5.36. The SMILES string of the molecule is c1ccc(-c2cccc(-n3c4ccccc4c4c5c6ccccc6n(-c6nc(-c7ccccc7)nc(-c7ccc8c(c7)sc7ccccc78)n6)c5ccc43)c2)cc1.c1ccc(-c2nc(-c3ccc4c5ccccc5n(-c5ccccc5)c4c3)nc(-n3c4ccccc4c4c5c6ccccc6n(-c6ccccc6)c5ccc43)n2)cc1. The van der Waals surface area contributed by atoms with Crippen molar-refractivity contribution in [2.45, 2.75) is 0 Å². The maximum atomic E-state index is 5.36. The Balaban J connectivity index is 0.000000135. The van der Waals surface area contributed by atoms with E-state index in [9.17, 15) is 0 Å². The van der Waals surface area contributed by atoms with Crippen LogP contribution in [-0.2, 0) is 0 Å². The first-order chi connectivity index (χ1) is 56.6. The summed E-state index contributed by atoms with van der Waals surface area (Å²) < 4.78 is 14.0. The van der Waals surface area contributed by atoms with Crippen molar-refractivity contribution in [1.29, 1.82) is 0 Å². The number of thiophene rings is 1. The van der Waals surface area contributed by atoms with Gasteiger partial charge in [-0.05, 0) is 120 Å². The molecule has 0 aliphatic heterocycles. The molecule has 0 radical (unpaired) electrons. The minimum absolute atomic E-state index is 0.569. The lowest BCUT2D eigenvalue weighted by Crippen LogP contribution is -2.06. The van der Waals surface area contributed by atoms with Crippen LogP contribution in [0, 0.1) is 0 Å². The highest BCUT2D eigenvalue weighted by Crippen LogP contribution is 2.46. The van der Waals surface area contributed by atoms with Gasteiger partial charge in [0.15, 0.2) is 23.3 Å². The summed E-state index contributed by atoms with van der Waals surface area (Å²) in [7, 11) is 0. The molecule has 24 aromatic rings. The summed E-state index contributed by atoms with van der Waals surface area (Å²) in [4.78, 5) is 31.5. The second-order valence-corrected chi connectivity index (χ2v) is 30.0. The number of rotatable bonds is 10. The molecular formula is C102H63N11S. The van der Waals surface area contributed by atoms with E-state index in [1.807, 2.05) is 36.4 Å². The normalized spacial score (nSPS) is 11.9. The Morgan fingerprint density at radius 3 is 0.965 bits per heavy atom. The molecule has 0 atom stereocenters. The first kappa shape index (κ1) is 64.7. The highest BCUT2D eigenvalue weighted by atomic mass is 32.1. The molecular weight excluding hydrogens is 1410 g/mol. The smallest absolute Gasteiger partial charge is 0.238 e. The fourth-order valence-corrected chi connectivity index (χ4v) is 18.7. The number of fused-ring (bicyclic) bond motifs is 20. The van der Waals surface area contributed by atoms with Crippen LogP contribution in [-0.4, -0.2) is 52.7 Å². The summed E-state index contributed by atoms with van der Waals surface area (Å²) in [5.41, 5.74) is 20.5. The van der Waals surface area contributed by atoms with Crippen LogP contribution >= 0.6 is 11.3 Å². The van der Waals surface area contributed by atoms with Crippen molar-refractivity contribution < 1.29 is 0 Å². The van der Waals surface area contributed by atoms with Crippen molar-refractivity contribution in [1.82, 2.24) is 52.7 Å². The van der Waals surface area contributed by atoms with Crippen LogP contribution in [0.25, 0.3) is 215 Å². The molecule has 8 heterocycles. The van der Waals surface area contributed by atoms with E-state index in [2.05, 4.69) is 369 Å². The van der Waals surface area contributed by atoms with Gasteiger partial charge in [0.25, 0.3) is 0 Å². The molecule has 0 saturated heterocycles. The molecule has 0 aliphatic rings. The van der Waals surface area contributed by atoms with Gasteiger partial charge in [-0.15, -0.1) is 11.3 Å². The van der Waals surface area contributed by atoms with Crippen molar-refractivity contribution >= 4 is 141 Å². The summed E-state index contributed by atoms with van der Waals surface area (Å²) in [5, 5.41) is 14.3. The molecule has 12 heteroatoms. The number of aromatic nitrogens is 11. The quantitative estimate of drug-likeness (QED) is 0.135. The van der Waals surface area contributed by atoms with Crippen molar-refractivity contribution in [3.05, 3.63) is 382 Å². The second-order valence-electron chi connectivity index (χ2n) is 28.9. The summed E-state index contributed by atoms with van der Waals surface area (Å²) in [5.74, 6) is 3.65. The molecule has 0 unspecified atom stereocenters. The molecule has 0 aliphatic carbocycles. The van der Waals surface area contributed by atoms with Gasteiger partial charge in [-0.25, -0.2) is 9.97 Å². The second kappa shape index (κ2) is 26.2. The fourth-order valence-electron chi connectivity index (χ4n) is 17.5. The van der Waals surface area contributed by atoms with E-state index in [-0.39, 0.29) is 0 Å². The molecule has 0 fully saturated rings. The molecule has 0 N–H and O–H groups in total. The summed E-state index contributed by atoms with van der Waals surface area (Å²) in [6.45, 7) is 0. The van der Waals surface area contributed by atoms with E-state index in [1.165, 1.54) is 79.9 Å². The van der Waals surface area contributed by atoms with E-state index in [1.54, 1.807) is 11.3 Å². The van der Waals surface area contributed by atoms with Gasteiger partial charge in [0.05, 0.1) is 55.2 Å². The van der Waals surface area contributed by atoms with Gasteiger partial charge in [-0.1, -0.05) is 273 Å². The number of hydrogen-bond donors (Lipinski definition) is 0. The van der Waals surface area contributed by atoms with Crippen LogP contribution in [0.1, 0.15) is 0 Å². The minimum atomic E-state index is 0.569. The topological polar surface area (TPSA) is 102 Å². The van der Waals surface area contributed by atoms with E-state index in [0.29, 0.717) is 35.2 Å². The van der Waals surface area contributed by atoms with Gasteiger partial charge in [-0.2, -0.15) is 19.9 Å². The van der Waals surface area contributed by atoms with E-state index >= 15 is 0 Å². The number of nitrogens with zero attached hydrogens (tertiary/aromatic N) is 11. The van der Waals surface area contributed by atoms with Crippen molar-refractivity contribution in [3.8, 4) is 85.6 Å². The Labute approximate surface area is 656 Å². The zero-order valence-electron chi connectivity index (χ0n) is 61.2. The lowest BCUT2D eigenvalue weighted by molar-refractivity contribution is 0.953. The largest absolute Gasteiger partial charge is 0.309 e. The molecule has 532 valence electrons. The van der Waals surface area contributed by atoms with Crippen LogP contribution in [0.5, 0.6) is 0 Å². The van der Waals surface area contributed by atoms with E-state index in [4.69, 9.17) is 29.9 Å².